The average molecular weight is 283 g/mol. The van der Waals surface area contributed by atoms with Crippen LogP contribution in [0.25, 0.3) is 0 Å². The average Bonchev–Trinajstić information content (AvgIpc) is 3.29. The summed E-state index contributed by atoms with van der Waals surface area (Å²) < 4.78 is 13.5. The van der Waals surface area contributed by atoms with Crippen LogP contribution in [0.5, 0.6) is 0 Å². The Hall–Kier alpha value is -1.67. The predicted octanol–water partition coefficient (Wildman–Crippen LogP) is 4.67. The highest BCUT2D eigenvalue weighted by Crippen LogP contribution is 2.54. The number of rotatable bonds is 6. The van der Waals surface area contributed by atoms with E-state index in [1.165, 1.54) is 18.1 Å². The number of nitrogens with one attached hydrogen (secondary N) is 1. The number of benzene rings is 2. The van der Waals surface area contributed by atoms with Crippen molar-refractivity contribution in [3.8, 4) is 0 Å². The molecule has 1 aliphatic carbocycles. The summed E-state index contributed by atoms with van der Waals surface area (Å²) in [4.78, 5) is 0. The fourth-order valence-corrected chi connectivity index (χ4v) is 3.18. The Bertz CT molecular complexity index is 581. The fourth-order valence-electron chi connectivity index (χ4n) is 3.18. The zero-order valence-electron chi connectivity index (χ0n) is 12.4. The van der Waals surface area contributed by atoms with Gasteiger partial charge in [0.2, 0.25) is 0 Å². The van der Waals surface area contributed by atoms with Gasteiger partial charge in [0.05, 0.1) is 0 Å². The van der Waals surface area contributed by atoms with Crippen molar-refractivity contribution in [1.82, 2.24) is 5.32 Å². The Morgan fingerprint density at radius 1 is 1.14 bits per heavy atom. The van der Waals surface area contributed by atoms with Gasteiger partial charge in [-0.15, -0.1) is 0 Å². The molecule has 0 heterocycles. The summed E-state index contributed by atoms with van der Waals surface area (Å²) in [7, 11) is 0. The molecule has 0 bridgehead atoms. The first-order valence-electron chi connectivity index (χ1n) is 7.83. The third-order valence-electron chi connectivity index (χ3n) is 4.32. The van der Waals surface area contributed by atoms with Gasteiger partial charge >= 0.3 is 0 Å². The minimum absolute atomic E-state index is 0.146. The Kier molecular flexibility index (Phi) is 4.35. The van der Waals surface area contributed by atoms with Crippen LogP contribution in [0.15, 0.2) is 54.6 Å². The van der Waals surface area contributed by atoms with Crippen molar-refractivity contribution in [1.29, 1.82) is 0 Å². The van der Waals surface area contributed by atoms with Crippen LogP contribution in [0.3, 0.4) is 0 Å². The lowest BCUT2D eigenvalue weighted by molar-refractivity contribution is 0.470. The highest BCUT2D eigenvalue weighted by Gasteiger charge is 2.44. The third-order valence-corrected chi connectivity index (χ3v) is 4.32. The summed E-state index contributed by atoms with van der Waals surface area (Å²) in [5.74, 6) is 1.03. The molecule has 110 valence electrons. The van der Waals surface area contributed by atoms with Crippen molar-refractivity contribution >= 4 is 0 Å². The van der Waals surface area contributed by atoms with E-state index in [4.69, 9.17) is 0 Å². The van der Waals surface area contributed by atoms with Gasteiger partial charge in [-0.1, -0.05) is 49.4 Å². The molecule has 0 aliphatic heterocycles. The molecule has 0 saturated heterocycles. The number of halogens is 1. The van der Waals surface area contributed by atoms with Gasteiger partial charge in [0.1, 0.15) is 5.82 Å². The van der Waals surface area contributed by atoms with E-state index < -0.39 is 0 Å². The summed E-state index contributed by atoms with van der Waals surface area (Å²) in [6.45, 7) is 3.14. The standard InChI is InChI=1S/C19H22FN/c1-2-11-21-19(15-9-6-10-16(20)12-15)18-13-17(18)14-7-4-3-5-8-14/h3-10,12,17-19,21H,2,11,13H2,1H3. The van der Waals surface area contributed by atoms with Crippen molar-refractivity contribution in [2.45, 2.75) is 31.7 Å². The fraction of sp³-hybridized carbons (Fsp3) is 0.368. The third kappa shape index (κ3) is 3.33. The normalized spacial score (nSPS) is 22.0. The first kappa shape index (κ1) is 14.3. The van der Waals surface area contributed by atoms with E-state index in [0.717, 1.165) is 18.5 Å². The summed E-state index contributed by atoms with van der Waals surface area (Å²) in [5.41, 5.74) is 2.48. The van der Waals surface area contributed by atoms with E-state index in [2.05, 4.69) is 42.6 Å². The molecule has 2 aromatic carbocycles. The largest absolute Gasteiger partial charge is 0.310 e. The zero-order valence-corrected chi connectivity index (χ0v) is 12.4. The molecule has 0 amide bonds. The molecule has 21 heavy (non-hydrogen) atoms. The summed E-state index contributed by atoms with van der Waals surface area (Å²) in [6, 6.07) is 18.0. The first-order valence-corrected chi connectivity index (χ1v) is 7.83. The minimum atomic E-state index is -0.146. The summed E-state index contributed by atoms with van der Waals surface area (Å²) >= 11 is 0. The Balaban J connectivity index is 1.78. The lowest BCUT2D eigenvalue weighted by atomic mass is 9.98. The van der Waals surface area contributed by atoms with Crippen molar-refractivity contribution in [3.05, 3.63) is 71.5 Å². The topological polar surface area (TPSA) is 12.0 Å². The SMILES string of the molecule is CCCNC(c1cccc(F)c1)C1CC1c1ccccc1. The molecular weight excluding hydrogens is 261 g/mol. The zero-order chi connectivity index (χ0) is 14.7. The van der Waals surface area contributed by atoms with Crippen LogP contribution in [-0.4, -0.2) is 6.54 Å². The molecule has 3 rings (SSSR count). The molecule has 2 aromatic rings. The Morgan fingerprint density at radius 2 is 1.95 bits per heavy atom. The molecule has 1 N–H and O–H groups in total. The Morgan fingerprint density at radius 3 is 2.67 bits per heavy atom. The Labute approximate surface area is 126 Å². The second-order valence-electron chi connectivity index (χ2n) is 5.90. The van der Waals surface area contributed by atoms with Crippen molar-refractivity contribution < 1.29 is 4.39 Å². The van der Waals surface area contributed by atoms with Crippen LogP contribution in [0, 0.1) is 11.7 Å². The lowest BCUT2D eigenvalue weighted by Crippen LogP contribution is -2.24. The van der Waals surface area contributed by atoms with E-state index in [1.54, 1.807) is 6.07 Å². The van der Waals surface area contributed by atoms with Gasteiger partial charge in [-0.2, -0.15) is 0 Å². The molecule has 3 atom stereocenters. The second kappa shape index (κ2) is 6.40. The highest BCUT2D eigenvalue weighted by molar-refractivity contribution is 5.30. The highest BCUT2D eigenvalue weighted by atomic mass is 19.1. The maximum Gasteiger partial charge on any atom is 0.123 e. The van der Waals surface area contributed by atoms with Crippen LogP contribution < -0.4 is 5.32 Å². The van der Waals surface area contributed by atoms with Crippen molar-refractivity contribution in [2.75, 3.05) is 6.54 Å². The molecule has 3 unspecified atom stereocenters. The van der Waals surface area contributed by atoms with E-state index in [0.29, 0.717) is 11.8 Å². The lowest BCUT2D eigenvalue weighted by Gasteiger charge is -2.19. The maximum atomic E-state index is 13.5. The van der Waals surface area contributed by atoms with Crippen LogP contribution in [0.4, 0.5) is 4.39 Å². The molecule has 2 heteroatoms. The van der Waals surface area contributed by atoms with Crippen molar-refractivity contribution in [2.24, 2.45) is 5.92 Å². The molecular formula is C19H22FN. The van der Waals surface area contributed by atoms with Crippen LogP contribution in [0.1, 0.15) is 42.9 Å². The van der Waals surface area contributed by atoms with Crippen LogP contribution in [0.2, 0.25) is 0 Å². The van der Waals surface area contributed by atoms with E-state index >= 15 is 0 Å². The van der Waals surface area contributed by atoms with Gasteiger partial charge in [-0.25, -0.2) is 4.39 Å². The number of hydrogen-bond donors (Lipinski definition) is 1. The number of hydrogen-bond acceptors (Lipinski definition) is 1. The van der Waals surface area contributed by atoms with Crippen molar-refractivity contribution in [3.63, 3.8) is 0 Å². The summed E-state index contributed by atoms with van der Waals surface area (Å²) in [5, 5.41) is 3.61. The molecule has 1 aliphatic rings. The predicted molar refractivity (Wildman–Crippen MR) is 84.7 cm³/mol. The van der Waals surface area contributed by atoms with Gasteiger partial charge < -0.3 is 5.32 Å². The van der Waals surface area contributed by atoms with Crippen LogP contribution >= 0.6 is 0 Å². The van der Waals surface area contributed by atoms with Gasteiger partial charge in [0.15, 0.2) is 0 Å². The molecule has 1 nitrogen and oxygen atoms in total. The second-order valence-corrected chi connectivity index (χ2v) is 5.90. The quantitative estimate of drug-likeness (QED) is 0.812. The van der Waals surface area contributed by atoms with Crippen LogP contribution in [-0.2, 0) is 0 Å². The first-order chi connectivity index (χ1) is 10.3. The molecule has 0 radical (unpaired) electrons. The van der Waals surface area contributed by atoms with E-state index in [-0.39, 0.29) is 11.9 Å². The van der Waals surface area contributed by atoms with Gasteiger partial charge in [0.25, 0.3) is 0 Å². The van der Waals surface area contributed by atoms with E-state index in [1.807, 2.05) is 12.1 Å². The molecule has 1 fully saturated rings. The monoisotopic (exact) mass is 283 g/mol. The molecule has 0 spiro atoms. The van der Waals surface area contributed by atoms with E-state index in [9.17, 15) is 4.39 Å². The maximum absolute atomic E-state index is 13.5. The molecule has 0 aromatic heterocycles. The van der Waals surface area contributed by atoms with Gasteiger partial charge in [0, 0.05) is 6.04 Å². The minimum Gasteiger partial charge on any atom is -0.310 e. The summed E-state index contributed by atoms with van der Waals surface area (Å²) in [6.07, 6.45) is 2.27. The van der Waals surface area contributed by atoms with Gasteiger partial charge in [-0.05, 0) is 54.5 Å². The smallest absolute Gasteiger partial charge is 0.123 e. The molecule has 1 saturated carbocycles. The van der Waals surface area contributed by atoms with Gasteiger partial charge in [-0.3, -0.25) is 0 Å².